The Balaban J connectivity index is 1.43. The van der Waals surface area contributed by atoms with Crippen molar-refractivity contribution in [3.63, 3.8) is 0 Å². The third kappa shape index (κ3) is 2.34. The lowest BCUT2D eigenvalue weighted by atomic mass is 10.1. The van der Waals surface area contributed by atoms with E-state index in [0.717, 1.165) is 37.8 Å². The van der Waals surface area contributed by atoms with Crippen LogP contribution in [0.3, 0.4) is 0 Å². The molecule has 5 heteroatoms. The number of amides is 1. The minimum Gasteiger partial charge on any atom is -0.337 e. The van der Waals surface area contributed by atoms with Crippen LogP contribution in [-0.4, -0.2) is 46.0 Å². The summed E-state index contributed by atoms with van der Waals surface area (Å²) in [5, 5.41) is 2.14. The molecule has 2 atom stereocenters. The lowest BCUT2D eigenvalue weighted by Crippen LogP contribution is -2.51. The van der Waals surface area contributed by atoms with Crippen molar-refractivity contribution >= 4 is 17.2 Å². The van der Waals surface area contributed by atoms with E-state index in [9.17, 15) is 4.79 Å². The fraction of sp³-hybridized carbons (Fsp3) is 0.500. The summed E-state index contributed by atoms with van der Waals surface area (Å²) in [4.78, 5) is 19.0. The number of fused-ring (bicyclic) bond motifs is 3. The molecule has 23 heavy (non-hydrogen) atoms. The van der Waals surface area contributed by atoms with Crippen LogP contribution in [0.25, 0.3) is 0 Å². The van der Waals surface area contributed by atoms with Gasteiger partial charge in [0.1, 0.15) is 5.69 Å². The van der Waals surface area contributed by atoms with E-state index in [1.165, 1.54) is 17.7 Å². The first-order valence-corrected chi connectivity index (χ1v) is 9.40. The number of thiophene rings is 1. The molecule has 2 aliphatic heterocycles. The molecule has 120 valence electrons. The van der Waals surface area contributed by atoms with Gasteiger partial charge in [-0.3, -0.25) is 9.69 Å². The highest BCUT2D eigenvalue weighted by Crippen LogP contribution is 2.38. The van der Waals surface area contributed by atoms with Gasteiger partial charge >= 0.3 is 0 Å². The topological polar surface area (TPSA) is 28.5 Å². The van der Waals surface area contributed by atoms with Crippen LogP contribution in [0, 0.1) is 5.92 Å². The number of nitrogens with zero attached hydrogens (tertiary/aromatic N) is 3. The second-order valence-electron chi connectivity index (χ2n) is 7.11. The van der Waals surface area contributed by atoms with Crippen molar-refractivity contribution in [3.8, 4) is 0 Å². The lowest BCUT2D eigenvalue weighted by molar-refractivity contribution is 0.0565. The van der Waals surface area contributed by atoms with Gasteiger partial charge in [0, 0.05) is 37.3 Å². The van der Waals surface area contributed by atoms with Gasteiger partial charge in [-0.15, -0.1) is 11.3 Å². The van der Waals surface area contributed by atoms with Crippen LogP contribution in [0.4, 0.5) is 0 Å². The second kappa shape index (κ2) is 5.21. The molecular weight excluding hydrogens is 306 g/mol. The molecule has 0 unspecified atom stereocenters. The maximum atomic E-state index is 12.9. The molecule has 0 aromatic carbocycles. The highest BCUT2D eigenvalue weighted by Gasteiger charge is 2.46. The van der Waals surface area contributed by atoms with Crippen molar-refractivity contribution in [2.75, 3.05) is 19.6 Å². The number of rotatable bonds is 4. The Morgan fingerprint density at radius 2 is 2.00 bits per heavy atom. The number of aromatic nitrogens is 1. The molecule has 3 aliphatic rings. The molecule has 1 saturated heterocycles. The zero-order valence-electron chi connectivity index (χ0n) is 13.1. The van der Waals surface area contributed by atoms with E-state index in [2.05, 4.69) is 38.1 Å². The first kappa shape index (κ1) is 13.8. The van der Waals surface area contributed by atoms with E-state index in [4.69, 9.17) is 0 Å². The number of hydrogen-bond acceptors (Lipinski definition) is 3. The Bertz CT molecular complexity index is 718. The van der Waals surface area contributed by atoms with Crippen LogP contribution in [-0.2, 0) is 6.54 Å². The van der Waals surface area contributed by atoms with Crippen LogP contribution >= 0.6 is 11.3 Å². The van der Waals surface area contributed by atoms with Gasteiger partial charge in [0.25, 0.3) is 5.91 Å². The predicted molar refractivity (Wildman–Crippen MR) is 90.6 cm³/mol. The molecule has 2 fully saturated rings. The quantitative estimate of drug-likeness (QED) is 0.864. The maximum Gasteiger partial charge on any atom is 0.270 e. The smallest absolute Gasteiger partial charge is 0.270 e. The average molecular weight is 327 g/mol. The zero-order valence-corrected chi connectivity index (χ0v) is 13.9. The van der Waals surface area contributed by atoms with Crippen LogP contribution in [0.1, 0.15) is 34.2 Å². The summed E-state index contributed by atoms with van der Waals surface area (Å²) in [5.74, 6) is 0.980. The largest absolute Gasteiger partial charge is 0.337 e. The van der Waals surface area contributed by atoms with Crippen LogP contribution in [0.15, 0.2) is 35.8 Å². The van der Waals surface area contributed by atoms with Gasteiger partial charge in [-0.2, -0.15) is 0 Å². The molecular formula is C18H21N3OS. The Morgan fingerprint density at radius 1 is 1.13 bits per heavy atom. The van der Waals surface area contributed by atoms with E-state index in [0.29, 0.717) is 12.1 Å². The highest BCUT2D eigenvalue weighted by molar-refractivity contribution is 7.09. The maximum absolute atomic E-state index is 12.9. The molecule has 5 rings (SSSR count). The Kier molecular flexibility index (Phi) is 3.13. The number of carbonyl (C=O) groups excluding carboxylic acids is 1. The lowest BCUT2D eigenvalue weighted by Gasteiger charge is -2.38. The molecule has 0 radical (unpaired) electrons. The Morgan fingerprint density at radius 3 is 2.78 bits per heavy atom. The summed E-state index contributed by atoms with van der Waals surface area (Å²) < 4.78 is 2.23. The predicted octanol–water partition coefficient (Wildman–Crippen LogP) is 2.84. The molecule has 1 amide bonds. The summed E-state index contributed by atoms with van der Waals surface area (Å²) in [7, 11) is 0. The molecule has 2 aromatic rings. The normalized spacial score (nSPS) is 27.3. The van der Waals surface area contributed by atoms with Crippen molar-refractivity contribution in [2.24, 2.45) is 5.92 Å². The summed E-state index contributed by atoms with van der Waals surface area (Å²) >= 11 is 1.82. The van der Waals surface area contributed by atoms with Crippen LogP contribution in [0.2, 0.25) is 0 Å². The fourth-order valence-electron chi connectivity index (χ4n) is 4.14. The van der Waals surface area contributed by atoms with Gasteiger partial charge in [-0.25, -0.2) is 0 Å². The molecule has 0 spiro atoms. The molecule has 2 aromatic heterocycles. The molecule has 4 nitrogen and oxygen atoms in total. The van der Waals surface area contributed by atoms with Crippen LogP contribution < -0.4 is 0 Å². The van der Waals surface area contributed by atoms with Gasteiger partial charge in [0.15, 0.2) is 0 Å². The van der Waals surface area contributed by atoms with Crippen molar-refractivity contribution in [3.05, 3.63) is 46.4 Å². The van der Waals surface area contributed by atoms with E-state index in [-0.39, 0.29) is 5.91 Å². The zero-order chi connectivity index (χ0) is 15.4. The van der Waals surface area contributed by atoms with Gasteiger partial charge in [0.2, 0.25) is 0 Å². The summed E-state index contributed by atoms with van der Waals surface area (Å²) in [5.41, 5.74) is 0.880. The third-order valence-corrected chi connectivity index (χ3v) is 6.32. The van der Waals surface area contributed by atoms with Gasteiger partial charge in [-0.1, -0.05) is 6.07 Å². The van der Waals surface area contributed by atoms with Gasteiger partial charge < -0.3 is 9.47 Å². The van der Waals surface area contributed by atoms with Crippen molar-refractivity contribution in [2.45, 2.75) is 31.5 Å². The van der Waals surface area contributed by atoms with Crippen molar-refractivity contribution in [1.29, 1.82) is 0 Å². The highest BCUT2D eigenvalue weighted by atomic mass is 32.1. The summed E-state index contributed by atoms with van der Waals surface area (Å²) in [6.45, 7) is 4.00. The van der Waals surface area contributed by atoms with Crippen molar-refractivity contribution < 1.29 is 4.79 Å². The van der Waals surface area contributed by atoms with E-state index >= 15 is 0 Å². The van der Waals surface area contributed by atoms with E-state index in [1.807, 2.05) is 23.5 Å². The standard InChI is InChI=1S/C18H21N3OS/c22-18-15-4-1-7-20(15)16-11-19(10-14-3-2-8-23-14)12-17(16)21(18)9-13-5-6-13/h1-4,7-8,13,16-17H,5-6,9-12H2/t16-,17-/m0/s1. The second-order valence-corrected chi connectivity index (χ2v) is 8.14. The van der Waals surface area contributed by atoms with Gasteiger partial charge in [-0.05, 0) is 42.3 Å². The fourth-order valence-corrected chi connectivity index (χ4v) is 4.88. The van der Waals surface area contributed by atoms with Crippen LogP contribution in [0.5, 0.6) is 0 Å². The molecule has 0 N–H and O–H groups in total. The minimum absolute atomic E-state index is 0.237. The number of hydrogen-bond donors (Lipinski definition) is 0. The Hall–Kier alpha value is -1.59. The van der Waals surface area contributed by atoms with E-state index in [1.54, 1.807) is 0 Å². The van der Waals surface area contributed by atoms with Crippen molar-refractivity contribution in [1.82, 2.24) is 14.4 Å². The number of carbonyl (C=O) groups is 1. The first-order chi connectivity index (χ1) is 11.3. The Labute approximate surface area is 140 Å². The molecule has 0 bridgehead atoms. The summed E-state index contributed by atoms with van der Waals surface area (Å²) in [6.07, 6.45) is 4.68. The molecule has 1 saturated carbocycles. The minimum atomic E-state index is 0.237. The first-order valence-electron chi connectivity index (χ1n) is 8.52. The molecule has 4 heterocycles. The SMILES string of the molecule is O=C1c2cccn2[C@H]2CN(Cc3cccs3)C[C@@H]2N1CC1CC1. The monoisotopic (exact) mass is 327 g/mol. The van der Waals surface area contributed by atoms with Gasteiger partial charge in [0.05, 0.1) is 12.1 Å². The van der Waals surface area contributed by atoms with E-state index < -0.39 is 0 Å². The average Bonchev–Trinajstić information content (AvgIpc) is 2.99. The molecule has 1 aliphatic carbocycles. The third-order valence-electron chi connectivity index (χ3n) is 5.46. The summed E-state index contributed by atoms with van der Waals surface area (Å²) in [6, 6.07) is 9.09. The number of likely N-dealkylation sites (tertiary alicyclic amines) is 1.